The van der Waals surface area contributed by atoms with Crippen LogP contribution in [-0.2, 0) is 14.0 Å². The fraction of sp³-hybridized carbons (Fsp3) is 0.794. The zero-order valence-electron chi connectivity index (χ0n) is 26.6. The highest BCUT2D eigenvalue weighted by atomic mass is 28.4. The van der Waals surface area contributed by atoms with Gasteiger partial charge in [0.15, 0.2) is 8.32 Å². The van der Waals surface area contributed by atoms with Crippen LogP contribution < -0.4 is 0 Å². The van der Waals surface area contributed by atoms with E-state index in [1.165, 1.54) is 43.3 Å². The van der Waals surface area contributed by atoms with Gasteiger partial charge in [0.05, 0.1) is 18.1 Å². The standard InChI is InChI=1S/C34H58O3Si/c1-23-20-26(21-30(25(23)3)37-38(11,12)33(7,8)9)15-16-27-14-13-19-34(10)28(17-18-29(27)34)24(2)22-36-31(35)32(4,5)6/h15-16,23-24,28-30H,3,13-14,17-22H2,1-2,4-12H3/b26-15-,27-16+/t23-,24-,28-,29+,30-,34-/m1/s1. The summed E-state index contributed by atoms with van der Waals surface area (Å²) >= 11 is 0. The molecule has 216 valence electrons. The van der Waals surface area contributed by atoms with Crippen LogP contribution in [0.1, 0.15) is 107 Å². The zero-order valence-corrected chi connectivity index (χ0v) is 27.6. The van der Waals surface area contributed by atoms with Crippen molar-refractivity contribution in [3.63, 3.8) is 0 Å². The molecule has 0 aromatic heterocycles. The molecule has 4 heteroatoms. The van der Waals surface area contributed by atoms with E-state index in [1.54, 1.807) is 5.57 Å². The van der Waals surface area contributed by atoms with E-state index < -0.39 is 13.7 Å². The molecule has 6 atom stereocenters. The second-order valence-corrected chi connectivity index (χ2v) is 20.5. The van der Waals surface area contributed by atoms with Gasteiger partial charge in [-0.25, -0.2) is 0 Å². The molecule has 0 bridgehead atoms. The number of hydrogen-bond acceptors (Lipinski definition) is 3. The summed E-state index contributed by atoms with van der Waals surface area (Å²) in [6, 6.07) is 0. The van der Waals surface area contributed by atoms with Crippen molar-refractivity contribution < 1.29 is 14.0 Å². The van der Waals surface area contributed by atoms with Gasteiger partial charge in [0, 0.05) is 0 Å². The minimum Gasteiger partial charge on any atom is -0.465 e. The van der Waals surface area contributed by atoms with Gasteiger partial charge in [-0.3, -0.25) is 4.79 Å². The summed E-state index contributed by atoms with van der Waals surface area (Å²) < 4.78 is 12.6. The Bertz CT molecular complexity index is 944. The van der Waals surface area contributed by atoms with Crippen molar-refractivity contribution in [3.8, 4) is 0 Å². The van der Waals surface area contributed by atoms with Crippen LogP contribution in [0.15, 0.2) is 35.5 Å². The van der Waals surface area contributed by atoms with Gasteiger partial charge in [-0.05, 0) is 119 Å². The van der Waals surface area contributed by atoms with E-state index in [4.69, 9.17) is 9.16 Å². The van der Waals surface area contributed by atoms with E-state index in [0.29, 0.717) is 35.7 Å². The maximum Gasteiger partial charge on any atom is 0.311 e. The first kappa shape index (κ1) is 31.4. The maximum atomic E-state index is 12.4. The highest BCUT2D eigenvalue weighted by molar-refractivity contribution is 6.74. The van der Waals surface area contributed by atoms with Crippen LogP contribution >= 0.6 is 0 Å². The Morgan fingerprint density at radius 3 is 2.39 bits per heavy atom. The Balaban J connectivity index is 1.73. The smallest absolute Gasteiger partial charge is 0.311 e. The van der Waals surface area contributed by atoms with Crippen molar-refractivity contribution in [2.45, 2.75) is 131 Å². The molecule has 0 aromatic carbocycles. The van der Waals surface area contributed by atoms with Gasteiger partial charge in [0.1, 0.15) is 0 Å². The molecule has 38 heavy (non-hydrogen) atoms. The van der Waals surface area contributed by atoms with Crippen LogP contribution in [0.5, 0.6) is 0 Å². The zero-order chi connectivity index (χ0) is 28.7. The highest BCUT2D eigenvalue weighted by Crippen LogP contribution is 2.59. The quantitative estimate of drug-likeness (QED) is 0.190. The predicted molar refractivity (Wildman–Crippen MR) is 164 cm³/mol. The molecule has 0 aliphatic heterocycles. The average Bonchev–Trinajstić information content (AvgIpc) is 3.15. The minimum atomic E-state index is -1.85. The Morgan fingerprint density at radius 1 is 1.13 bits per heavy atom. The molecular weight excluding hydrogens is 484 g/mol. The van der Waals surface area contributed by atoms with Gasteiger partial charge in [0.2, 0.25) is 0 Å². The molecule has 0 saturated heterocycles. The minimum absolute atomic E-state index is 0.0832. The molecule has 0 aromatic rings. The molecule has 3 saturated carbocycles. The topological polar surface area (TPSA) is 35.5 Å². The Hall–Kier alpha value is -1.13. The lowest BCUT2D eigenvalue weighted by Crippen LogP contribution is -2.45. The molecule has 3 rings (SSSR count). The summed E-state index contributed by atoms with van der Waals surface area (Å²) in [5.41, 5.74) is 4.31. The van der Waals surface area contributed by atoms with E-state index in [9.17, 15) is 4.79 Å². The fourth-order valence-corrected chi connectivity index (χ4v) is 8.36. The number of hydrogen-bond donors (Lipinski definition) is 0. The molecule has 0 unspecified atom stereocenters. The van der Waals surface area contributed by atoms with Crippen LogP contribution in [0.4, 0.5) is 0 Å². The monoisotopic (exact) mass is 542 g/mol. The van der Waals surface area contributed by atoms with Crippen LogP contribution in [0.2, 0.25) is 18.1 Å². The molecule has 3 fully saturated rings. The van der Waals surface area contributed by atoms with Gasteiger partial charge in [-0.15, -0.1) is 0 Å². The van der Waals surface area contributed by atoms with Crippen molar-refractivity contribution in [2.75, 3.05) is 6.61 Å². The van der Waals surface area contributed by atoms with Crippen LogP contribution in [-0.4, -0.2) is 27.0 Å². The van der Waals surface area contributed by atoms with Gasteiger partial charge in [-0.2, -0.15) is 0 Å². The maximum absolute atomic E-state index is 12.4. The number of carbonyl (C=O) groups is 1. The summed E-state index contributed by atoms with van der Waals surface area (Å²) in [5.74, 6) is 2.03. The van der Waals surface area contributed by atoms with Crippen LogP contribution in [0.3, 0.4) is 0 Å². The van der Waals surface area contributed by atoms with E-state index in [-0.39, 0.29) is 17.1 Å². The van der Waals surface area contributed by atoms with Crippen molar-refractivity contribution in [2.24, 2.45) is 34.5 Å². The molecule has 3 aliphatic rings. The molecule has 0 amide bonds. The first-order chi connectivity index (χ1) is 17.4. The third kappa shape index (κ3) is 6.77. The summed E-state index contributed by atoms with van der Waals surface area (Å²) in [5, 5.41) is 0.202. The molecule has 0 spiro atoms. The van der Waals surface area contributed by atoms with Gasteiger partial charge in [-0.1, -0.05) is 71.4 Å². The number of allylic oxidation sites excluding steroid dienone is 3. The lowest BCUT2D eigenvalue weighted by Gasteiger charge is -2.44. The van der Waals surface area contributed by atoms with E-state index in [1.807, 2.05) is 20.8 Å². The first-order valence-corrected chi connectivity index (χ1v) is 18.2. The van der Waals surface area contributed by atoms with Gasteiger partial charge >= 0.3 is 5.97 Å². The van der Waals surface area contributed by atoms with E-state index >= 15 is 0 Å². The summed E-state index contributed by atoms with van der Waals surface area (Å²) in [6.07, 6.45) is 13.4. The van der Waals surface area contributed by atoms with Crippen molar-refractivity contribution >= 4 is 14.3 Å². The predicted octanol–water partition coefficient (Wildman–Crippen LogP) is 9.66. The molecule has 3 aliphatic carbocycles. The third-order valence-electron chi connectivity index (χ3n) is 10.7. The fourth-order valence-electron chi connectivity index (χ4n) is 7.06. The van der Waals surface area contributed by atoms with Crippen LogP contribution in [0, 0.1) is 34.5 Å². The average molecular weight is 543 g/mol. The largest absolute Gasteiger partial charge is 0.465 e. The molecule has 0 heterocycles. The third-order valence-corrected chi connectivity index (χ3v) is 15.1. The van der Waals surface area contributed by atoms with Crippen molar-refractivity contribution in [1.82, 2.24) is 0 Å². The Morgan fingerprint density at radius 2 is 1.79 bits per heavy atom. The summed E-state index contributed by atoms with van der Waals surface area (Å²) in [7, 11) is -1.85. The second-order valence-electron chi connectivity index (χ2n) is 15.7. The molecule has 3 nitrogen and oxygen atoms in total. The van der Waals surface area contributed by atoms with Crippen molar-refractivity contribution in [3.05, 3.63) is 35.5 Å². The number of esters is 1. The van der Waals surface area contributed by atoms with E-state index in [0.717, 1.165) is 12.8 Å². The number of ether oxygens (including phenoxy) is 1. The number of carbonyl (C=O) groups excluding carboxylic acids is 1. The SMILES string of the molecule is C=C1[C@H](C)C/C(=C/C=C2\CCC[C@]3(C)[C@@H]([C@H](C)COC(=O)C(C)(C)C)CC[C@@H]23)C[C@H]1O[Si](C)(C)C(C)(C)C. The van der Waals surface area contributed by atoms with E-state index in [2.05, 4.69) is 73.4 Å². The summed E-state index contributed by atoms with van der Waals surface area (Å²) in [6.45, 7) is 29.6. The number of rotatable bonds is 6. The van der Waals surface area contributed by atoms with Gasteiger partial charge < -0.3 is 9.16 Å². The molecule has 0 N–H and O–H groups in total. The lowest BCUT2D eigenvalue weighted by atomic mass is 9.61. The van der Waals surface area contributed by atoms with Crippen LogP contribution in [0.25, 0.3) is 0 Å². The number of fused-ring (bicyclic) bond motifs is 1. The molecule has 0 radical (unpaired) electrons. The Kier molecular flexibility index (Phi) is 9.41. The normalized spacial score (nSPS) is 33.9. The lowest BCUT2D eigenvalue weighted by molar-refractivity contribution is -0.155. The first-order valence-electron chi connectivity index (χ1n) is 15.3. The van der Waals surface area contributed by atoms with Gasteiger partial charge in [0.25, 0.3) is 0 Å². The second kappa shape index (κ2) is 11.4. The Labute approximate surface area is 236 Å². The van der Waals surface area contributed by atoms with Crippen molar-refractivity contribution in [1.29, 1.82) is 0 Å². The summed E-state index contributed by atoms with van der Waals surface area (Å²) in [4.78, 5) is 12.4. The highest BCUT2D eigenvalue weighted by Gasteiger charge is 2.51. The molecular formula is C34H58O3Si.